The molecule has 1 aromatic rings. The molecule has 3 N–H and O–H groups in total. The molecule has 0 aliphatic carbocycles. The van der Waals surface area contributed by atoms with Crippen molar-refractivity contribution in [1.82, 2.24) is 0 Å². The van der Waals surface area contributed by atoms with Crippen molar-refractivity contribution in [2.45, 2.75) is 18.9 Å². The Kier molecular flexibility index (Phi) is 2.51. The molecule has 0 amide bonds. The van der Waals surface area contributed by atoms with E-state index in [2.05, 4.69) is 4.99 Å². The van der Waals surface area contributed by atoms with E-state index in [4.69, 9.17) is 10.8 Å². The predicted octanol–water partition coefficient (Wildman–Crippen LogP) is 1.12. The van der Waals surface area contributed by atoms with Gasteiger partial charge < -0.3 is 10.8 Å². The van der Waals surface area contributed by atoms with Crippen LogP contribution in [-0.4, -0.2) is 22.8 Å². The summed E-state index contributed by atoms with van der Waals surface area (Å²) in [5.74, 6) is -0.978. The topological polar surface area (TPSA) is 75.7 Å². The zero-order valence-corrected chi connectivity index (χ0v) is 8.18. The number of carboxylic acids is 1. The van der Waals surface area contributed by atoms with E-state index < -0.39 is 12.0 Å². The van der Waals surface area contributed by atoms with Gasteiger partial charge in [-0.3, -0.25) is 9.79 Å². The Morgan fingerprint density at radius 3 is 2.93 bits per heavy atom. The lowest BCUT2D eigenvalue weighted by Crippen LogP contribution is -2.32. The largest absolute Gasteiger partial charge is 0.480 e. The summed E-state index contributed by atoms with van der Waals surface area (Å²) < 4.78 is 0. The number of carbonyl (C=O) groups is 1. The first-order valence-electron chi connectivity index (χ1n) is 4.79. The van der Waals surface area contributed by atoms with Crippen LogP contribution in [0.2, 0.25) is 0 Å². The number of aliphatic imine (C=N–C) groups is 1. The van der Waals surface area contributed by atoms with E-state index in [-0.39, 0.29) is 0 Å². The number of hydrogen-bond donors (Lipinski definition) is 2. The molecular formula is C11H12N2O2. The number of aliphatic carboxylic acids is 1. The fraction of sp³-hybridized carbons (Fsp3) is 0.273. The Morgan fingerprint density at radius 1 is 1.53 bits per heavy atom. The molecule has 1 aliphatic rings. The molecule has 1 heterocycles. The molecule has 0 aromatic heterocycles. The van der Waals surface area contributed by atoms with Gasteiger partial charge in [0.05, 0.1) is 5.69 Å². The van der Waals surface area contributed by atoms with Crippen LogP contribution >= 0.6 is 0 Å². The monoisotopic (exact) mass is 204 g/mol. The lowest BCUT2D eigenvalue weighted by Gasteiger charge is -2.04. The van der Waals surface area contributed by atoms with Gasteiger partial charge in [-0.1, -0.05) is 18.2 Å². The molecule has 0 saturated heterocycles. The second kappa shape index (κ2) is 3.82. The van der Waals surface area contributed by atoms with E-state index in [1.807, 2.05) is 24.3 Å². The van der Waals surface area contributed by atoms with E-state index in [1.165, 1.54) is 0 Å². The minimum Gasteiger partial charge on any atom is -0.480 e. The summed E-state index contributed by atoms with van der Waals surface area (Å²) in [4.78, 5) is 14.9. The van der Waals surface area contributed by atoms with Gasteiger partial charge in [0.1, 0.15) is 6.04 Å². The third-order valence-electron chi connectivity index (χ3n) is 2.44. The van der Waals surface area contributed by atoms with Gasteiger partial charge >= 0.3 is 5.97 Å². The van der Waals surface area contributed by atoms with Crippen LogP contribution in [0, 0.1) is 0 Å². The third-order valence-corrected chi connectivity index (χ3v) is 2.44. The molecule has 0 saturated carbocycles. The first kappa shape index (κ1) is 9.86. The van der Waals surface area contributed by atoms with E-state index in [1.54, 1.807) is 0 Å². The number of carboxylic acid groups (broad SMARTS) is 1. The van der Waals surface area contributed by atoms with Crippen LogP contribution in [0.15, 0.2) is 29.3 Å². The number of fused-ring (bicyclic) bond motifs is 1. The van der Waals surface area contributed by atoms with Crippen LogP contribution in [0.3, 0.4) is 0 Å². The molecule has 0 spiro atoms. The molecule has 4 heteroatoms. The third kappa shape index (κ3) is 2.05. The highest BCUT2D eigenvalue weighted by Gasteiger charge is 2.19. The highest BCUT2D eigenvalue weighted by Crippen LogP contribution is 2.26. The Morgan fingerprint density at radius 2 is 2.27 bits per heavy atom. The first-order chi connectivity index (χ1) is 7.16. The number of nitrogens with two attached hydrogens (primary N) is 1. The van der Waals surface area contributed by atoms with Crippen LogP contribution in [0.25, 0.3) is 0 Å². The molecule has 0 bridgehead atoms. The fourth-order valence-electron chi connectivity index (χ4n) is 1.66. The van der Waals surface area contributed by atoms with Gasteiger partial charge in [-0.05, 0) is 11.6 Å². The molecule has 1 atom stereocenters. The molecule has 4 nitrogen and oxygen atoms in total. The minimum atomic E-state index is -0.978. The highest BCUT2D eigenvalue weighted by atomic mass is 16.4. The van der Waals surface area contributed by atoms with Crippen LogP contribution < -0.4 is 5.73 Å². The summed E-state index contributed by atoms with van der Waals surface area (Å²) in [6, 6.07) is 6.95. The van der Waals surface area contributed by atoms with E-state index >= 15 is 0 Å². The van der Waals surface area contributed by atoms with Crippen molar-refractivity contribution in [3.8, 4) is 0 Å². The van der Waals surface area contributed by atoms with Crippen molar-refractivity contribution in [2.75, 3.05) is 0 Å². The number of hydrogen-bond acceptors (Lipinski definition) is 3. The molecule has 1 aliphatic heterocycles. The lowest BCUT2D eigenvalue weighted by atomic mass is 10.1. The van der Waals surface area contributed by atoms with Gasteiger partial charge in [-0.25, -0.2) is 0 Å². The molecule has 2 rings (SSSR count). The Hall–Kier alpha value is -1.68. The Labute approximate surface area is 87.4 Å². The smallest absolute Gasteiger partial charge is 0.320 e. The van der Waals surface area contributed by atoms with E-state index in [0.29, 0.717) is 6.42 Å². The second-order valence-corrected chi connectivity index (χ2v) is 3.63. The maximum atomic E-state index is 10.6. The van der Waals surface area contributed by atoms with Crippen LogP contribution in [0.4, 0.5) is 5.69 Å². The van der Waals surface area contributed by atoms with Crippen LogP contribution in [0.1, 0.15) is 12.0 Å². The van der Waals surface area contributed by atoms with Gasteiger partial charge in [0, 0.05) is 18.6 Å². The summed E-state index contributed by atoms with van der Waals surface area (Å²) >= 11 is 0. The highest BCUT2D eigenvalue weighted by molar-refractivity contribution is 5.96. The minimum absolute atomic E-state index is 0.323. The zero-order valence-electron chi connectivity index (χ0n) is 8.18. The maximum Gasteiger partial charge on any atom is 0.320 e. The van der Waals surface area contributed by atoms with Gasteiger partial charge in [-0.2, -0.15) is 0 Å². The number of benzene rings is 1. The van der Waals surface area contributed by atoms with Crippen LogP contribution in [-0.2, 0) is 11.2 Å². The van der Waals surface area contributed by atoms with Crippen molar-refractivity contribution in [3.63, 3.8) is 0 Å². The molecular weight excluding hydrogens is 192 g/mol. The normalized spacial score (nSPS) is 15.7. The summed E-state index contributed by atoms with van der Waals surface area (Å²) in [7, 11) is 0. The molecule has 78 valence electrons. The van der Waals surface area contributed by atoms with Crippen molar-refractivity contribution in [3.05, 3.63) is 29.8 Å². The fourth-order valence-corrected chi connectivity index (χ4v) is 1.66. The second-order valence-electron chi connectivity index (χ2n) is 3.63. The lowest BCUT2D eigenvalue weighted by molar-refractivity contribution is -0.138. The number of para-hydroxylation sites is 1. The SMILES string of the molecule is NC(CC1=Nc2ccccc2C1)C(=O)O. The Bertz CT molecular complexity index is 426. The van der Waals surface area contributed by atoms with Crippen molar-refractivity contribution < 1.29 is 9.90 Å². The van der Waals surface area contributed by atoms with Gasteiger partial charge in [0.2, 0.25) is 0 Å². The van der Waals surface area contributed by atoms with Gasteiger partial charge in [0.15, 0.2) is 0 Å². The van der Waals surface area contributed by atoms with E-state index in [0.717, 1.165) is 23.4 Å². The number of nitrogens with zero attached hydrogens (tertiary/aromatic N) is 1. The quantitative estimate of drug-likeness (QED) is 0.774. The molecule has 15 heavy (non-hydrogen) atoms. The van der Waals surface area contributed by atoms with E-state index in [9.17, 15) is 4.79 Å². The zero-order chi connectivity index (χ0) is 10.8. The standard InChI is InChI=1S/C11H12N2O2/c12-9(11(14)15)6-8-5-7-3-1-2-4-10(7)13-8/h1-4,9H,5-6,12H2,(H,14,15). The summed E-state index contributed by atoms with van der Waals surface area (Å²) in [6.45, 7) is 0. The van der Waals surface area contributed by atoms with Crippen molar-refractivity contribution >= 4 is 17.4 Å². The molecule has 1 aromatic carbocycles. The Balaban J connectivity index is 2.08. The average molecular weight is 204 g/mol. The van der Waals surface area contributed by atoms with Crippen molar-refractivity contribution in [1.29, 1.82) is 0 Å². The molecule has 1 unspecified atom stereocenters. The first-order valence-corrected chi connectivity index (χ1v) is 4.79. The summed E-state index contributed by atoms with van der Waals surface area (Å²) in [5.41, 5.74) is 8.38. The molecule has 0 radical (unpaired) electrons. The summed E-state index contributed by atoms with van der Waals surface area (Å²) in [6.07, 6.45) is 1.04. The summed E-state index contributed by atoms with van der Waals surface area (Å²) in [5, 5.41) is 8.68. The van der Waals surface area contributed by atoms with Gasteiger partial charge in [-0.15, -0.1) is 0 Å². The predicted molar refractivity (Wildman–Crippen MR) is 57.5 cm³/mol. The van der Waals surface area contributed by atoms with Crippen LogP contribution in [0.5, 0.6) is 0 Å². The molecule has 0 fully saturated rings. The number of rotatable bonds is 3. The van der Waals surface area contributed by atoms with Crippen molar-refractivity contribution in [2.24, 2.45) is 10.7 Å². The maximum absolute atomic E-state index is 10.6. The average Bonchev–Trinajstić information content (AvgIpc) is 2.59. The van der Waals surface area contributed by atoms with Gasteiger partial charge in [0.25, 0.3) is 0 Å².